The third kappa shape index (κ3) is 4.01. The number of benzene rings is 2. The number of amides is 1. The van der Waals surface area contributed by atoms with Gasteiger partial charge in [0.25, 0.3) is 15.9 Å². The number of aromatic nitrogens is 1. The minimum atomic E-state index is -3.97. The monoisotopic (exact) mass is 461 g/mol. The smallest absolute Gasteiger partial charge is 0.267 e. The third-order valence-corrected chi connectivity index (χ3v) is 6.97. The molecule has 0 unspecified atom stereocenters. The number of anilines is 2. The van der Waals surface area contributed by atoms with Crippen molar-refractivity contribution in [3.63, 3.8) is 0 Å². The van der Waals surface area contributed by atoms with Crippen LogP contribution in [0.3, 0.4) is 0 Å². The van der Waals surface area contributed by atoms with Crippen LogP contribution in [-0.4, -0.2) is 47.2 Å². The number of fused-ring (bicyclic) bond motifs is 1. The predicted molar refractivity (Wildman–Crippen MR) is 117 cm³/mol. The number of methoxy groups -OCH3 is 2. The Morgan fingerprint density at radius 1 is 1.16 bits per heavy atom. The van der Waals surface area contributed by atoms with E-state index in [0.29, 0.717) is 22.9 Å². The zero-order valence-corrected chi connectivity index (χ0v) is 18.5. The second-order valence-electron chi connectivity index (χ2n) is 6.58. The van der Waals surface area contributed by atoms with E-state index in [1.165, 1.54) is 31.3 Å². The van der Waals surface area contributed by atoms with Crippen molar-refractivity contribution in [2.75, 3.05) is 37.5 Å². The average Bonchev–Trinajstić information content (AvgIpc) is 3.23. The van der Waals surface area contributed by atoms with Crippen molar-refractivity contribution in [2.24, 2.45) is 0 Å². The highest BCUT2D eigenvalue weighted by Crippen LogP contribution is 2.37. The first-order valence-electron chi connectivity index (χ1n) is 9.06. The maximum Gasteiger partial charge on any atom is 0.267 e. The van der Waals surface area contributed by atoms with Gasteiger partial charge in [0.15, 0.2) is 11.7 Å². The normalized spacial score (nSPS) is 13.4. The summed E-state index contributed by atoms with van der Waals surface area (Å²) in [6.45, 7) is -0.000784. The molecule has 4 rings (SSSR count). The summed E-state index contributed by atoms with van der Waals surface area (Å²) in [4.78, 5) is 17.7. The molecule has 2 heterocycles. The van der Waals surface area contributed by atoms with Crippen molar-refractivity contribution in [3.05, 3.63) is 41.8 Å². The molecule has 0 radical (unpaired) electrons. The number of hydrogen-bond donors (Lipinski definition) is 1. The molecule has 0 spiro atoms. The van der Waals surface area contributed by atoms with Crippen molar-refractivity contribution in [3.8, 4) is 28.5 Å². The van der Waals surface area contributed by atoms with Gasteiger partial charge in [-0.15, -0.1) is 11.3 Å². The molecule has 0 saturated heterocycles. The Balaban J connectivity index is 1.63. The fraction of sp³-hybridized carbons (Fsp3) is 0.200. The summed E-state index contributed by atoms with van der Waals surface area (Å²) in [7, 11) is 0.553. The average molecular weight is 462 g/mol. The van der Waals surface area contributed by atoms with Crippen molar-refractivity contribution in [1.29, 1.82) is 0 Å². The molecular weight excluding hydrogens is 442 g/mol. The lowest BCUT2D eigenvalue weighted by molar-refractivity contribution is -0.120. The number of thiazole rings is 1. The van der Waals surface area contributed by atoms with Crippen LogP contribution in [0.2, 0.25) is 0 Å². The van der Waals surface area contributed by atoms with Gasteiger partial charge in [-0.3, -0.25) is 9.52 Å². The molecule has 0 atom stereocenters. The predicted octanol–water partition coefficient (Wildman–Crippen LogP) is 2.98. The van der Waals surface area contributed by atoms with Crippen molar-refractivity contribution in [1.82, 2.24) is 4.98 Å². The number of nitrogens with zero attached hydrogens (tertiary/aromatic N) is 2. The van der Waals surface area contributed by atoms with Crippen LogP contribution in [0.15, 0.2) is 46.7 Å². The van der Waals surface area contributed by atoms with Crippen LogP contribution in [0, 0.1) is 0 Å². The largest absolute Gasteiger partial charge is 0.497 e. The minimum Gasteiger partial charge on any atom is -0.497 e. The number of carbonyl (C=O) groups excluding carboxylic acids is 1. The van der Waals surface area contributed by atoms with Crippen LogP contribution < -0.4 is 23.8 Å². The fourth-order valence-electron chi connectivity index (χ4n) is 3.05. The molecule has 0 fully saturated rings. The van der Waals surface area contributed by atoms with E-state index in [1.807, 2.05) is 0 Å². The lowest BCUT2D eigenvalue weighted by Crippen LogP contribution is -2.35. The van der Waals surface area contributed by atoms with E-state index in [-0.39, 0.29) is 28.3 Å². The molecule has 3 aromatic rings. The first-order valence-corrected chi connectivity index (χ1v) is 11.4. The number of likely N-dealkylation sites (N-methyl/N-ethyl adjacent to an activating group) is 1. The standard InChI is InChI=1S/C20H19N3O6S2/c1-23-15-8-12(4-6-16(15)29-10-19(23)24)14-11-30-20(21-14)22-31(25,26)18-9-13(27-2)5-7-17(18)28-3/h4-9,11H,10H2,1-3H3,(H,21,22). The van der Waals surface area contributed by atoms with E-state index in [4.69, 9.17) is 14.2 Å². The van der Waals surface area contributed by atoms with Crippen LogP contribution >= 0.6 is 11.3 Å². The molecule has 1 aliphatic heterocycles. The van der Waals surface area contributed by atoms with Gasteiger partial charge in [0.05, 0.1) is 25.6 Å². The van der Waals surface area contributed by atoms with E-state index in [1.54, 1.807) is 36.7 Å². The van der Waals surface area contributed by atoms with Gasteiger partial charge in [0.2, 0.25) is 0 Å². The summed E-state index contributed by atoms with van der Waals surface area (Å²) in [5.41, 5.74) is 1.92. The molecule has 0 bridgehead atoms. The molecule has 9 nitrogen and oxygen atoms in total. The molecular formula is C20H19N3O6S2. The third-order valence-electron chi connectivity index (χ3n) is 4.73. The van der Waals surface area contributed by atoms with E-state index < -0.39 is 10.0 Å². The summed E-state index contributed by atoms with van der Waals surface area (Å²) in [6, 6.07) is 9.87. The summed E-state index contributed by atoms with van der Waals surface area (Å²) in [5, 5.41) is 1.92. The Morgan fingerprint density at radius 2 is 1.97 bits per heavy atom. The SMILES string of the molecule is COc1ccc(OC)c(S(=O)(=O)Nc2nc(-c3ccc4c(c3)N(C)C(=O)CO4)cs2)c1. The van der Waals surface area contributed by atoms with E-state index in [9.17, 15) is 13.2 Å². The zero-order valence-electron chi connectivity index (χ0n) is 16.9. The number of sulfonamides is 1. The lowest BCUT2D eigenvalue weighted by atomic mass is 10.1. The van der Waals surface area contributed by atoms with Crippen LogP contribution in [0.25, 0.3) is 11.3 Å². The van der Waals surface area contributed by atoms with Crippen LogP contribution in [0.1, 0.15) is 0 Å². The Hall–Kier alpha value is -3.31. The molecule has 0 saturated carbocycles. The second-order valence-corrected chi connectivity index (χ2v) is 9.09. The Bertz CT molecular complexity index is 1260. The summed E-state index contributed by atoms with van der Waals surface area (Å²) in [6.07, 6.45) is 0. The summed E-state index contributed by atoms with van der Waals surface area (Å²) in [5.74, 6) is 1.03. The van der Waals surface area contributed by atoms with Crippen LogP contribution in [0.4, 0.5) is 10.8 Å². The molecule has 2 aromatic carbocycles. The lowest BCUT2D eigenvalue weighted by Gasteiger charge is -2.26. The molecule has 1 amide bonds. The molecule has 162 valence electrons. The Kier molecular flexibility index (Phi) is 5.46. The van der Waals surface area contributed by atoms with E-state index in [2.05, 4.69) is 9.71 Å². The molecule has 11 heteroatoms. The maximum absolute atomic E-state index is 12.9. The highest BCUT2D eigenvalue weighted by molar-refractivity contribution is 7.93. The van der Waals surface area contributed by atoms with Gasteiger partial charge in [-0.05, 0) is 30.3 Å². The van der Waals surface area contributed by atoms with Gasteiger partial charge in [0.1, 0.15) is 22.1 Å². The topological polar surface area (TPSA) is 107 Å². The molecule has 0 aliphatic carbocycles. The molecule has 31 heavy (non-hydrogen) atoms. The van der Waals surface area contributed by atoms with Gasteiger partial charge < -0.3 is 19.1 Å². The number of hydrogen-bond acceptors (Lipinski definition) is 8. The van der Waals surface area contributed by atoms with Crippen LogP contribution in [0.5, 0.6) is 17.2 Å². The number of rotatable bonds is 6. The van der Waals surface area contributed by atoms with E-state index in [0.717, 1.165) is 16.9 Å². The Morgan fingerprint density at radius 3 is 2.71 bits per heavy atom. The van der Waals surface area contributed by atoms with Crippen molar-refractivity contribution < 1.29 is 27.4 Å². The van der Waals surface area contributed by atoms with E-state index >= 15 is 0 Å². The highest BCUT2D eigenvalue weighted by Gasteiger charge is 2.24. The second kappa shape index (κ2) is 8.08. The van der Waals surface area contributed by atoms with Crippen molar-refractivity contribution >= 4 is 38.1 Å². The van der Waals surface area contributed by atoms with Gasteiger partial charge in [-0.25, -0.2) is 13.4 Å². The quantitative estimate of drug-likeness (QED) is 0.601. The number of ether oxygens (including phenoxy) is 3. The number of nitrogens with one attached hydrogen (secondary N) is 1. The van der Waals surface area contributed by atoms with Crippen molar-refractivity contribution in [2.45, 2.75) is 4.90 Å². The van der Waals surface area contributed by atoms with Crippen LogP contribution in [-0.2, 0) is 14.8 Å². The van der Waals surface area contributed by atoms with Gasteiger partial charge >= 0.3 is 0 Å². The van der Waals surface area contributed by atoms with Gasteiger partial charge in [-0.1, -0.05) is 0 Å². The summed E-state index contributed by atoms with van der Waals surface area (Å²) >= 11 is 1.14. The zero-order chi connectivity index (χ0) is 22.2. The maximum atomic E-state index is 12.9. The molecule has 1 aromatic heterocycles. The first kappa shape index (κ1) is 20.9. The highest BCUT2D eigenvalue weighted by atomic mass is 32.2. The summed E-state index contributed by atoms with van der Waals surface area (Å²) < 4.78 is 44.1. The first-order chi connectivity index (χ1) is 14.8. The number of carbonyl (C=O) groups is 1. The Labute approximate surface area is 183 Å². The molecule has 1 N–H and O–H groups in total. The minimum absolute atomic E-state index is 0.000784. The fourth-order valence-corrected chi connectivity index (χ4v) is 5.21. The van der Waals surface area contributed by atoms with Gasteiger partial charge in [-0.2, -0.15) is 0 Å². The van der Waals surface area contributed by atoms with Gasteiger partial charge in [0, 0.05) is 24.1 Å². The molecule has 1 aliphatic rings.